The van der Waals surface area contributed by atoms with E-state index in [1.165, 1.54) is 12.3 Å². The van der Waals surface area contributed by atoms with Crippen molar-refractivity contribution in [3.63, 3.8) is 0 Å². The lowest BCUT2D eigenvalue weighted by molar-refractivity contribution is -0.139. The minimum Gasteiger partial charge on any atom is -0.491 e. The van der Waals surface area contributed by atoms with E-state index >= 15 is 0 Å². The highest BCUT2D eigenvalue weighted by Gasteiger charge is 2.36. The molecule has 1 aliphatic heterocycles. The number of benzene rings is 1. The molecule has 0 radical (unpaired) electrons. The van der Waals surface area contributed by atoms with Gasteiger partial charge in [0.05, 0.1) is 22.2 Å². The largest absolute Gasteiger partial charge is 0.491 e. The van der Waals surface area contributed by atoms with Crippen LogP contribution in [0.2, 0.25) is 5.02 Å². The summed E-state index contributed by atoms with van der Waals surface area (Å²) in [5.74, 6) is -1.09. The molecule has 1 N–H and O–H groups in total. The number of fused-ring (bicyclic) bond motifs is 1. The molecule has 1 amide bonds. The van der Waals surface area contributed by atoms with Gasteiger partial charge in [0.25, 0.3) is 5.89 Å². The van der Waals surface area contributed by atoms with Crippen LogP contribution in [0, 0.1) is 0 Å². The van der Waals surface area contributed by atoms with Crippen molar-refractivity contribution in [2.24, 2.45) is 0 Å². The number of alkyl halides is 6. The summed E-state index contributed by atoms with van der Waals surface area (Å²) in [6, 6.07) is 3.49. The summed E-state index contributed by atoms with van der Waals surface area (Å²) >= 11 is 5.93. The molecule has 15 heteroatoms. The van der Waals surface area contributed by atoms with Crippen molar-refractivity contribution in [3.05, 3.63) is 52.8 Å². The highest BCUT2D eigenvalue weighted by atomic mass is 35.5. The number of halogens is 7. The predicted octanol–water partition coefficient (Wildman–Crippen LogP) is 5.40. The summed E-state index contributed by atoms with van der Waals surface area (Å²) in [7, 11) is 0. The van der Waals surface area contributed by atoms with Crippen LogP contribution in [0.5, 0.6) is 5.75 Å². The van der Waals surface area contributed by atoms with E-state index < -0.39 is 35.3 Å². The number of pyridine rings is 1. The minimum absolute atomic E-state index is 0.00433. The summed E-state index contributed by atoms with van der Waals surface area (Å²) in [5, 5.41) is 6.03. The number of amides is 1. The summed E-state index contributed by atoms with van der Waals surface area (Å²) in [6.07, 6.45) is -6.72. The van der Waals surface area contributed by atoms with E-state index in [4.69, 9.17) is 20.9 Å². The smallest absolute Gasteiger partial charge is 0.419 e. The first-order chi connectivity index (χ1) is 17.4. The number of nitrogens with zero attached hydrogens (tertiary/aromatic N) is 4. The van der Waals surface area contributed by atoms with Crippen molar-refractivity contribution in [2.75, 3.05) is 6.61 Å². The summed E-state index contributed by atoms with van der Waals surface area (Å²) in [4.78, 5) is 19.4. The summed E-state index contributed by atoms with van der Waals surface area (Å²) in [6.45, 7) is -0.134. The van der Waals surface area contributed by atoms with Gasteiger partial charge < -0.3 is 19.0 Å². The maximum atomic E-state index is 13.7. The highest BCUT2D eigenvalue weighted by Crippen LogP contribution is 2.39. The average molecular weight is 546 g/mol. The fourth-order valence-corrected chi connectivity index (χ4v) is 4.02. The van der Waals surface area contributed by atoms with Crippen LogP contribution in [0.15, 0.2) is 41.2 Å². The second-order valence-electron chi connectivity index (χ2n) is 8.18. The van der Waals surface area contributed by atoms with Crippen LogP contribution in [0.3, 0.4) is 0 Å². The van der Waals surface area contributed by atoms with Crippen LogP contribution in [-0.4, -0.2) is 38.1 Å². The van der Waals surface area contributed by atoms with E-state index in [0.29, 0.717) is 6.42 Å². The highest BCUT2D eigenvalue weighted by molar-refractivity contribution is 6.33. The number of carbonyl (C=O) groups is 1. The molecule has 0 spiro atoms. The fourth-order valence-electron chi connectivity index (χ4n) is 3.77. The monoisotopic (exact) mass is 545 g/mol. The van der Waals surface area contributed by atoms with Gasteiger partial charge in [-0.05, 0) is 30.7 Å². The molecule has 0 bridgehead atoms. The number of ether oxygens (including phenoxy) is 1. The molecule has 1 fully saturated rings. The standard InChI is InChI=1S/C22H14ClF6N5O3/c23-14-6-11(21(24,25)26)7-34-8-15(31-19(14)34)18-32-20(37-33-18)10-1-3-16(13(5-10)22(27,28)29)36-9-12-2-4-17(35)30-12/h1,3,5-8,12H,2,4,9H2,(H,30,35). The molecule has 194 valence electrons. The number of nitrogens with one attached hydrogen (secondary N) is 1. The van der Waals surface area contributed by atoms with E-state index in [-0.39, 0.29) is 52.6 Å². The molecule has 1 aliphatic rings. The van der Waals surface area contributed by atoms with Crippen LogP contribution < -0.4 is 10.1 Å². The summed E-state index contributed by atoms with van der Waals surface area (Å²) in [5.41, 5.74) is -2.18. The number of carbonyl (C=O) groups excluding carboxylic acids is 1. The van der Waals surface area contributed by atoms with Gasteiger partial charge in [0.1, 0.15) is 18.1 Å². The first kappa shape index (κ1) is 24.9. The molecule has 4 aromatic rings. The van der Waals surface area contributed by atoms with Crippen molar-refractivity contribution < 1.29 is 40.4 Å². The molecule has 1 unspecified atom stereocenters. The Morgan fingerprint density at radius 1 is 1.11 bits per heavy atom. The number of rotatable bonds is 5. The molecule has 1 atom stereocenters. The van der Waals surface area contributed by atoms with Gasteiger partial charge in [-0.1, -0.05) is 16.8 Å². The molecule has 37 heavy (non-hydrogen) atoms. The normalized spacial score (nSPS) is 16.4. The van der Waals surface area contributed by atoms with Crippen LogP contribution in [0.25, 0.3) is 28.6 Å². The molecule has 0 saturated carbocycles. The molecule has 5 rings (SSSR count). The van der Waals surface area contributed by atoms with E-state index in [1.807, 2.05) is 0 Å². The molecular formula is C22H14ClF6N5O3. The summed E-state index contributed by atoms with van der Waals surface area (Å²) < 4.78 is 91.8. The van der Waals surface area contributed by atoms with Crippen molar-refractivity contribution >= 4 is 23.2 Å². The Kier molecular flexibility index (Phi) is 6.01. The zero-order valence-electron chi connectivity index (χ0n) is 18.3. The zero-order valence-corrected chi connectivity index (χ0v) is 19.1. The van der Waals surface area contributed by atoms with Crippen molar-refractivity contribution in [2.45, 2.75) is 31.2 Å². The van der Waals surface area contributed by atoms with Crippen LogP contribution in [0.4, 0.5) is 26.3 Å². The Bertz CT molecular complexity index is 1500. The van der Waals surface area contributed by atoms with Crippen LogP contribution >= 0.6 is 11.6 Å². The lowest BCUT2D eigenvalue weighted by Crippen LogP contribution is -2.31. The molecule has 1 saturated heterocycles. The third kappa shape index (κ3) is 5.05. The molecule has 0 aliphatic carbocycles. The van der Waals surface area contributed by atoms with Gasteiger partial charge in [-0.2, -0.15) is 31.3 Å². The second-order valence-corrected chi connectivity index (χ2v) is 8.58. The van der Waals surface area contributed by atoms with Crippen LogP contribution in [-0.2, 0) is 17.1 Å². The van der Waals surface area contributed by atoms with E-state index in [1.54, 1.807) is 0 Å². The van der Waals surface area contributed by atoms with E-state index in [0.717, 1.165) is 28.8 Å². The Hall–Kier alpha value is -3.81. The molecule has 8 nitrogen and oxygen atoms in total. The minimum atomic E-state index is -4.78. The number of hydrogen-bond acceptors (Lipinski definition) is 6. The average Bonchev–Trinajstić information content (AvgIpc) is 3.55. The maximum Gasteiger partial charge on any atom is 0.419 e. The third-order valence-corrected chi connectivity index (χ3v) is 5.82. The van der Waals surface area contributed by atoms with Gasteiger partial charge in [-0.25, -0.2) is 4.98 Å². The molecule has 1 aromatic carbocycles. The zero-order chi connectivity index (χ0) is 26.5. The number of hydrogen-bond donors (Lipinski definition) is 1. The maximum absolute atomic E-state index is 13.7. The third-order valence-electron chi connectivity index (χ3n) is 5.55. The number of aromatic nitrogens is 4. The Balaban J connectivity index is 1.43. The van der Waals surface area contributed by atoms with E-state index in [9.17, 15) is 31.1 Å². The van der Waals surface area contributed by atoms with Crippen molar-refractivity contribution in [3.8, 4) is 28.7 Å². The second kappa shape index (κ2) is 8.94. The van der Waals surface area contributed by atoms with E-state index in [2.05, 4.69) is 20.4 Å². The van der Waals surface area contributed by atoms with Gasteiger partial charge in [-0.3, -0.25) is 4.79 Å². The Labute approximate surface area is 208 Å². The lowest BCUT2D eigenvalue weighted by Gasteiger charge is -2.17. The first-order valence-corrected chi connectivity index (χ1v) is 11.0. The fraction of sp³-hybridized carbons (Fsp3) is 0.273. The SMILES string of the molecule is O=C1CCC(COc2ccc(-c3nc(-c4cn5cc(C(F)(F)F)cc(Cl)c5n4)no3)cc2C(F)(F)F)N1. The van der Waals surface area contributed by atoms with Gasteiger partial charge >= 0.3 is 12.4 Å². The van der Waals surface area contributed by atoms with Crippen LogP contribution in [0.1, 0.15) is 24.0 Å². The van der Waals surface area contributed by atoms with Gasteiger partial charge in [0.2, 0.25) is 11.7 Å². The topological polar surface area (TPSA) is 94.5 Å². The van der Waals surface area contributed by atoms with Crippen molar-refractivity contribution in [1.29, 1.82) is 0 Å². The lowest BCUT2D eigenvalue weighted by atomic mass is 10.1. The quantitative estimate of drug-likeness (QED) is 0.338. The predicted molar refractivity (Wildman–Crippen MR) is 116 cm³/mol. The van der Waals surface area contributed by atoms with Gasteiger partial charge in [0.15, 0.2) is 5.65 Å². The Morgan fingerprint density at radius 3 is 2.57 bits per heavy atom. The molecular weight excluding hydrogens is 532 g/mol. The molecule has 4 heterocycles. The van der Waals surface area contributed by atoms with Gasteiger partial charge in [0, 0.05) is 24.4 Å². The van der Waals surface area contributed by atoms with Crippen molar-refractivity contribution in [1.82, 2.24) is 24.8 Å². The molecule has 3 aromatic heterocycles. The first-order valence-electron chi connectivity index (χ1n) is 10.6. The van der Waals surface area contributed by atoms with Gasteiger partial charge in [-0.15, -0.1) is 0 Å². The Morgan fingerprint density at radius 2 is 1.89 bits per heavy atom. The number of imidazole rings is 1.